The van der Waals surface area contributed by atoms with Gasteiger partial charge < -0.3 is 9.64 Å². The lowest BCUT2D eigenvalue weighted by atomic mass is 9.78. The van der Waals surface area contributed by atoms with Crippen molar-refractivity contribution in [1.29, 1.82) is 0 Å². The van der Waals surface area contributed by atoms with Crippen LogP contribution in [0.2, 0.25) is 5.02 Å². The zero-order valence-electron chi connectivity index (χ0n) is 19.3. The number of nitrogens with zero attached hydrogens (tertiary/aromatic N) is 3. The lowest BCUT2D eigenvalue weighted by Gasteiger charge is -2.37. The molecule has 0 radical (unpaired) electrons. The molecule has 1 saturated heterocycles. The van der Waals surface area contributed by atoms with E-state index in [0.29, 0.717) is 17.4 Å². The molecule has 1 saturated carbocycles. The van der Waals surface area contributed by atoms with Crippen LogP contribution in [-0.2, 0) is 6.42 Å². The molecule has 1 aromatic carbocycles. The maximum Gasteiger partial charge on any atom is 0.163 e. The van der Waals surface area contributed by atoms with Crippen LogP contribution < -0.4 is 9.64 Å². The molecule has 2 aliphatic heterocycles. The van der Waals surface area contributed by atoms with Crippen molar-refractivity contribution in [3.63, 3.8) is 0 Å². The Bertz CT molecular complexity index is 948. The van der Waals surface area contributed by atoms with Crippen molar-refractivity contribution in [2.24, 2.45) is 11.8 Å². The van der Waals surface area contributed by atoms with E-state index in [9.17, 15) is 4.79 Å². The van der Waals surface area contributed by atoms with Crippen LogP contribution in [-0.4, -0.2) is 55.0 Å². The number of hydrogen-bond acceptors (Lipinski definition) is 5. The molecular formula is C27H34ClN3O2. The third-order valence-corrected chi connectivity index (χ3v) is 7.98. The zero-order chi connectivity index (χ0) is 22.6. The first-order valence-corrected chi connectivity index (χ1v) is 12.9. The fraction of sp³-hybridized carbons (Fsp3) is 0.556. The second-order valence-corrected chi connectivity index (χ2v) is 10.3. The summed E-state index contributed by atoms with van der Waals surface area (Å²) in [6, 6.07) is 9.31. The largest absolute Gasteiger partial charge is 0.493 e. The van der Waals surface area contributed by atoms with Gasteiger partial charge in [0, 0.05) is 61.4 Å². The highest BCUT2D eigenvalue weighted by atomic mass is 35.5. The van der Waals surface area contributed by atoms with Gasteiger partial charge in [-0.05, 0) is 68.0 Å². The van der Waals surface area contributed by atoms with Gasteiger partial charge in [0.1, 0.15) is 11.6 Å². The van der Waals surface area contributed by atoms with Crippen LogP contribution in [0.5, 0.6) is 5.75 Å². The molecule has 0 atom stereocenters. The second kappa shape index (κ2) is 10.4. The molecule has 5 rings (SSSR count). The van der Waals surface area contributed by atoms with E-state index < -0.39 is 0 Å². The Morgan fingerprint density at radius 2 is 1.73 bits per heavy atom. The molecule has 6 heteroatoms. The Morgan fingerprint density at radius 1 is 1.00 bits per heavy atom. The van der Waals surface area contributed by atoms with Gasteiger partial charge in [-0.25, -0.2) is 4.98 Å². The number of rotatable bonds is 7. The molecule has 33 heavy (non-hydrogen) atoms. The number of hydrogen-bond donors (Lipinski definition) is 0. The molecule has 0 amide bonds. The monoisotopic (exact) mass is 467 g/mol. The van der Waals surface area contributed by atoms with E-state index in [2.05, 4.69) is 14.8 Å². The summed E-state index contributed by atoms with van der Waals surface area (Å²) in [7, 11) is 0. The van der Waals surface area contributed by atoms with E-state index >= 15 is 0 Å². The summed E-state index contributed by atoms with van der Waals surface area (Å²) in [5.74, 6) is 3.76. The molecular weight excluding hydrogens is 434 g/mol. The Labute approximate surface area is 202 Å². The molecule has 2 fully saturated rings. The van der Waals surface area contributed by atoms with E-state index in [1.807, 2.05) is 36.5 Å². The van der Waals surface area contributed by atoms with Crippen molar-refractivity contribution >= 4 is 23.2 Å². The van der Waals surface area contributed by atoms with Crippen molar-refractivity contribution in [3.8, 4) is 5.75 Å². The van der Waals surface area contributed by atoms with Crippen LogP contribution in [0.1, 0.15) is 54.4 Å². The molecule has 0 N–H and O–H groups in total. The number of ether oxygens (including phenoxy) is 1. The molecule has 3 heterocycles. The molecule has 2 aromatic rings. The zero-order valence-corrected chi connectivity index (χ0v) is 20.1. The number of piperazine rings is 1. The minimum Gasteiger partial charge on any atom is -0.493 e. The number of halogens is 1. The number of aromatic nitrogens is 1. The Morgan fingerprint density at radius 3 is 2.48 bits per heavy atom. The van der Waals surface area contributed by atoms with Gasteiger partial charge in [0.25, 0.3) is 0 Å². The van der Waals surface area contributed by atoms with Crippen molar-refractivity contribution in [2.45, 2.75) is 44.9 Å². The van der Waals surface area contributed by atoms with Crippen LogP contribution in [0.3, 0.4) is 0 Å². The molecule has 176 valence electrons. The second-order valence-electron chi connectivity index (χ2n) is 9.85. The van der Waals surface area contributed by atoms with Crippen molar-refractivity contribution in [3.05, 3.63) is 52.7 Å². The number of carbonyl (C=O) groups is 1. The molecule has 0 spiro atoms. The summed E-state index contributed by atoms with van der Waals surface area (Å²) in [5.41, 5.74) is 2.08. The molecule has 0 unspecified atom stereocenters. The summed E-state index contributed by atoms with van der Waals surface area (Å²) < 4.78 is 5.71. The normalized spacial score (nSPS) is 23.2. The maximum absolute atomic E-state index is 12.6. The summed E-state index contributed by atoms with van der Waals surface area (Å²) >= 11 is 5.94. The highest BCUT2D eigenvalue weighted by Crippen LogP contribution is 2.34. The first kappa shape index (κ1) is 22.7. The number of carbonyl (C=O) groups excluding carboxylic acids is 1. The number of benzene rings is 1. The quantitative estimate of drug-likeness (QED) is 0.519. The SMILES string of the molecule is O=C(CC1CCC(CCN2CCN(c3nccc4c3CCO4)CC2)CC1)c1ccc(Cl)cc1. The van der Waals surface area contributed by atoms with E-state index in [-0.39, 0.29) is 5.78 Å². The van der Waals surface area contributed by atoms with E-state index in [1.54, 1.807) is 0 Å². The summed E-state index contributed by atoms with van der Waals surface area (Å²) in [6.45, 7) is 6.28. The van der Waals surface area contributed by atoms with Gasteiger partial charge in [0.2, 0.25) is 0 Å². The first-order valence-electron chi connectivity index (χ1n) is 12.5. The maximum atomic E-state index is 12.6. The fourth-order valence-electron chi connectivity index (χ4n) is 5.66. The Hall–Kier alpha value is -2.11. The molecule has 0 bridgehead atoms. The van der Waals surface area contributed by atoms with E-state index in [4.69, 9.17) is 16.3 Å². The first-order chi connectivity index (χ1) is 16.2. The van der Waals surface area contributed by atoms with Gasteiger partial charge in [-0.1, -0.05) is 24.4 Å². The summed E-state index contributed by atoms with van der Waals surface area (Å²) in [6.07, 6.45) is 9.72. The number of anilines is 1. The minimum atomic E-state index is 0.262. The highest BCUT2D eigenvalue weighted by Gasteiger charge is 2.26. The van der Waals surface area contributed by atoms with Crippen molar-refractivity contribution < 1.29 is 9.53 Å². The van der Waals surface area contributed by atoms with E-state index in [1.165, 1.54) is 44.2 Å². The van der Waals surface area contributed by atoms with Crippen LogP contribution in [0.4, 0.5) is 5.82 Å². The van der Waals surface area contributed by atoms with Crippen molar-refractivity contribution in [1.82, 2.24) is 9.88 Å². The van der Waals surface area contributed by atoms with Crippen LogP contribution in [0.15, 0.2) is 36.5 Å². The van der Waals surface area contributed by atoms with Gasteiger partial charge >= 0.3 is 0 Å². The summed E-state index contributed by atoms with van der Waals surface area (Å²) in [4.78, 5) is 22.3. The third-order valence-electron chi connectivity index (χ3n) is 7.73. The molecule has 1 aliphatic carbocycles. The average molecular weight is 468 g/mol. The Kier molecular flexibility index (Phi) is 7.17. The van der Waals surface area contributed by atoms with Gasteiger partial charge in [0.05, 0.1) is 6.61 Å². The van der Waals surface area contributed by atoms with Gasteiger partial charge in [-0.2, -0.15) is 0 Å². The predicted molar refractivity (Wildman–Crippen MR) is 133 cm³/mol. The van der Waals surface area contributed by atoms with Crippen LogP contribution in [0.25, 0.3) is 0 Å². The number of Topliss-reactive ketones (excluding diaryl/α,β-unsaturated/α-hetero) is 1. The lowest BCUT2D eigenvalue weighted by molar-refractivity contribution is 0.0940. The topological polar surface area (TPSA) is 45.7 Å². The van der Waals surface area contributed by atoms with E-state index in [0.717, 1.165) is 62.3 Å². The number of pyridine rings is 1. The average Bonchev–Trinajstić information content (AvgIpc) is 3.34. The lowest BCUT2D eigenvalue weighted by Crippen LogP contribution is -2.47. The standard InChI is InChI=1S/C27H34ClN3O2/c28-23-7-5-22(6-8-23)25(32)19-21-3-1-20(2-4-21)10-13-30-14-16-31(17-15-30)27-24-11-18-33-26(24)9-12-29-27/h5-9,12,20-21H,1-4,10-11,13-19H2. The Balaban J connectivity index is 1.02. The number of ketones is 1. The fourth-order valence-corrected chi connectivity index (χ4v) is 5.78. The van der Waals surface area contributed by atoms with Gasteiger partial charge in [0.15, 0.2) is 5.78 Å². The van der Waals surface area contributed by atoms with Crippen molar-refractivity contribution in [2.75, 3.05) is 44.2 Å². The predicted octanol–water partition coefficient (Wildman–Crippen LogP) is 5.26. The summed E-state index contributed by atoms with van der Waals surface area (Å²) in [5, 5.41) is 0.684. The smallest absolute Gasteiger partial charge is 0.163 e. The van der Waals surface area contributed by atoms with Gasteiger partial charge in [-0.15, -0.1) is 0 Å². The van der Waals surface area contributed by atoms with Crippen LogP contribution in [0, 0.1) is 11.8 Å². The number of fused-ring (bicyclic) bond motifs is 1. The minimum absolute atomic E-state index is 0.262. The molecule has 5 nitrogen and oxygen atoms in total. The van der Waals surface area contributed by atoms with Gasteiger partial charge in [-0.3, -0.25) is 9.69 Å². The van der Waals surface area contributed by atoms with Crippen LogP contribution >= 0.6 is 11.6 Å². The molecule has 1 aromatic heterocycles. The molecule has 3 aliphatic rings. The highest BCUT2D eigenvalue weighted by molar-refractivity contribution is 6.30. The third kappa shape index (κ3) is 5.52.